The summed E-state index contributed by atoms with van der Waals surface area (Å²) in [6.45, 7) is 2.93. The van der Waals surface area contributed by atoms with Gasteiger partial charge in [-0.25, -0.2) is 4.98 Å². The van der Waals surface area contributed by atoms with Crippen LogP contribution in [0.15, 0.2) is 72.8 Å². The fourth-order valence-electron chi connectivity index (χ4n) is 3.05. The highest BCUT2D eigenvalue weighted by Gasteiger charge is 2.13. The smallest absolute Gasteiger partial charge is 0.248 e. The third-order valence-electron chi connectivity index (χ3n) is 4.33. The van der Waals surface area contributed by atoms with Crippen molar-refractivity contribution < 1.29 is 14.3 Å². The Morgan fingerprint density at radius 3 is 2.43 bits per heavy atom. The molecule has 2 aromatic carbocycles. The molecule has 1 aromatic heterocycles. The van der Waals surface area contributed by atoms with Crippen LogP contribution in [-0.4, -0.2) is 24.1 Å². The molecule has 0 spiro atoms. The van der Waals surface area contributed by atoms with E-state index in [1.807, 2.05) is 67.6 Å². The fraction of sp³-hybridized carbons (Fsp3) is 0.130. The number of carbonyl (C=O) groups excluding carboxylic acids is 1. The first-order valence-electron chi connectivity index (χ1n) is 9.14. The van der Waals surface area contributed by atoms with Crippen LogP contribution in [0.1, 0.15) is 6.92 Å². The SMILES string of the molecule is C/C=C/C(=O)Nc1cccc(-c2cccc(-c3ccc4c(c3)OCCO4)n2)c1. The second-order valence-corrected chi connectivity index (χ2v) is 6.34. The number of allylic oxidation sites excluding steroid dienone is 1. The Balaban J connectivity index is 1.63. The van der Waals surface area contributed by atoms with Crippen molar-refractivity contribution in [3.05, 3.63) is 72.8 Å². The zero-order chi connectivity index (χ0) is 19.3. The lowest BCUT2D eigenvalue weighted by Crippen LogP contribution is -2.15. The van der Waals surface area contributed by atoms with Crippen LogP contribution in [-0.2, 0) is 4.79 Å². The lowest BCUT2D eigenvalue weighted by atomic mass is 10.1. The molecule has 0 saturated carbocycles. The summed E-state index contributed by atoms with van der Waals surface area (Å²) in [5.41, 5.74) is 4.29. The van der Waals surface area contributed by atoms with Crippen molar-refractivity contribution in [1.82, 2.24) is 4.98 Å². The number of fused-ring (bicyclic) bond motifs is 1. The van der Waals surface area contributed by atoms with Crippen molar-refractivity contribution in [2.24, 2.45) is 0 Å². The van der Waals surface area contributed by atoms with Crippen LogP contribution in [0.25, 0.3) is 22.5 Å². The standard InChI is InChI=1S/C23H20N2O3/c1-2-5-23(26)24-18-7-3-6-16(14-18)19-8-4-9-20(25-19)17-10-11-21-22(15-17)28-13-12-27-21/h2-11,14-15H,12-13H2,1H3,(H,24,26)/b5-2+. The van der Waals surface area contributed by atoms with Crippen molar-refractivity contribution in [1.29, 1.82) is 0 Å². The van der Waals surface area contributed by atoms with E-state index in [4.69, 9.17) is 14.5 Å². The molecule has 28 heavy (non-hydrogen) atoms. The van der Waals surface area contributed by atoms with E-state index in [-0.39, 0.29) is 5.91 Å². The average molecular weight is 372 g/mol. The number of carbonyl (C=O) groups is 1. The molecule has 0 atom stereocenters. The maximum Gasteiger partial charge on any atom is 0.248 e. The number of hydrogen-bond acceptors (Lipinski definition) is 4. The van der Waals surface area contributed by atoms with E-state index in [9.17, 15) is 4.79 Å². The van der Waals surface area contributed by atoms with Crippen LogP contribution in [0.2, 0.25) is 0 Å². The van der Waals surface area contributed by atoms with Crippen LogP contribution >= 0.6 is 0 Å². The minimum atomic E-state index is -0.155. The quantitative estimate of drug-likeness (QED) is 0.674. The van der Waals surface area contributed by atoms with Gasteiger partial charge >= 0.3 is 0 Å². The van der Waals surface area contributed by atoms with Gasteiger partial charge in [-0.05, 0) is 55.5 Å². The number of aromatic nitrogens is 1. The number of nitrogens with one attached hydrogen (secondary N) is 1. The molecule has 0 radical (unpaired) electrons. The van der Waals surface area contributed by atoms with Gasteiger partial charge in [-0.15, -0.1) is 0 Å². The van der Waals surface area contributed by atoms with E-state index in [2.05, 4.69) is 5.32 Å². The molecule has 1 N–H and O–H groups in total. The van der Waals surface area contributed by atoms with Gasteiger partial charge in [0, 0.05) is 16.8 Å². The third-order valence-corrected chi connectivity index (χ3v) is 4.33. The normalized spacial score (nSPS) is 12.8. The molecule has 2 heterocycles. The summed E-state index contributed by atoms with van der Waals surface area (Å²) in [5, 5.41) is 2.85. The zero-order valence-corrected chi connectivity index (χ0v) is 15.5. The summed E-state index contributed by atoms with van der Waals surface area (Å²) >= 11 is 0. The number of benzene rings is 2. The second kappa shape index (κ2) is 7.96. The molecule has 3 aromatic rings. The van der Waals surface area contributed by atoms with E-state index in [1.54, 1.807) is 6.08 Å². The first-order chi connectivity index (χ1) is 13.7. The summed E-state index contributed by atoms with van der Waals surface area (Å²) in [6.07, 6.45) is 3.20. The van der Waals surface area contributed by atoms with Gasteiger partial charge < -0.3 is 14.8 Å². The molecule has 0 bridgehead atoms. The van der Waals surface area contributed by atoms with Crippen molar-refractivity contribution in [2.75, 3.05) is 18.5 Å². The molecule has 140 valence electrons. The van der Waals surface area contributed by atoms with E-state index in [1.165, 1.54) is 6.08 Å². The number of amides is 1. The molecule has 5 heteroatoms. The number of anilines is 1. The second-order valence-electron chi connectivity index (χ2n) is 6.34. The predicted octanol–water partition coefficient (Wildman–Crippen LogP) is 4.70. The van der Waals surface area contributed by atoms with Crippen LogP contribution in [0.4, 0.5) is 5.69 Å². The Morgan fingerprint density at radius 2 is 1.64 bits per heavy atom. The van der Waals surface area contributed by atoms with Crippen LogP contribution in [0, 0.1) is 0 Å². The van der Waals surface area contributed by atoms with Crippen LogP contribution < -0.4 is 14.8 Å². The number of pyridine rings is 1. The third kappa shape index (κ3) is 3.88. The molecule has 0 fully saturated rings. The average Bonchev–Trinajstić information content (AvgIpc) is 2.74. The lowest BCUT2D eigenvalue weighted by Gasteiger charge is -2.18. The number of ether oxygens (including phenoxy) is 2. The highest BCUT2D eigenvalue weighted by molar-refractivity contribution is 5.99. The number of nitrogens with zero attached hydrogens (tertiary/aromatic N) is 1. The van der Waals surface area contributed by atoms with E-state index in [0.717, 1.165) is 39.7 Å². The van der Waals surface area contributed by atoms with Gasteiger partial charge in [0.25, 0.3) is 0 Å². The highest BCUT2D eigenvalue weighted by Crippen LogP contribution is 2.34. The van der Waals surface area contributed by atoms with Gasteiger partial charge in [0.2, 0.25) is 5.91 Å². The van der Waals surface area contributed by atoms with E-state index < -0.39 is 0 Å². The first-order valence-corrected chi connectivity index (χ1v) is 9.14. The minimum Gasteiger partial charge on any atom is -0.486 e. The first kappa shape index (κ1) is 17.8. The fourth-order valence-corrected chi connectivity index (χ4v) is 3.05. The van der Waals surface area contributed by atoms with Crippen molar-refractivity contribution in [2.45, 2.75) is 6.92 Å². The molecule has 0 saturated heterocycles. The molecule has 4 rings (SSSR count). The summed E-state index contributed by atoms with van der Waals surface area (Å²) in [6, 6.07) is 19.4. The molecule has 0 unspecified atom stereocenters. The molecule has 1 amide bonds. The zero-order valence-electron chi connectivity index (χ0n) is 15.5. The topological polar surface area (TPSA) is 60.5 Å². The number of rotatable bonds is 4. The van der Waals surface area contributed by atoms with Gasteiger partial charge in [0.15, 0.2) is 11.5 Å². The molecular formula is C23H20N2O3. The molecule has 1 aliphatic rings. The Labute approximate surface area is 163 Å². The maximum absolute atomic E-state index is 11.8. The van der Waals surface area contributed by atoms with Crippen molar-refractivity contribution in [3.8, 4) is 34.0 Å². The minimum absolute atomic E-state index is 0.155. The maximum atomic E-state index is 11.8. The van der Waals surface area contributed by atoms with Gasteiger partial charge in [-0.3, -0.25) is 4.79 Å². The highest BCUT2D eigenvalue weighted by atomic mass is 16.6. The van der Waals surface area contributed by atoms with Gasteiger partial charge in [0.1, 0.15) is 13.2 Å². The monoisotopic (exact) mass is 372 g/mol. The molecule has 1 aliphatic heterocycles. The van der Waals surface area contributed by atoms with E-state index in [0.29, 0.717) is 13.2 Å². The van der Waals surface area contributed by atoms with Gasteiger partial charge in [0.05, 0.1) is 11.4 Å². The summed E-state index contributed by atoms with van der Waals surface area (Å²) in [5.74, 6) is 1.35. The van der Waals surface area contributed by atoms with Crippen molar-refractivity contribution in [3.63, 3.8) is 0 Å². The Hall–Kier alpha value is -3.60. The predicted molar refractivity (Wildman–Crippen MR) is 110 cm³/mol. The Kier molecular flexibility index (Phi) is 5.06. The number of hydrogen-bond donors (Lipinski definition) is 1. The molecular weight excluding hydrogens is 352 g/mol. The Morgan fingerprint density at radius 1 is 0.929 bits per heavy atom. The van der Waals surface area contributed by atoms with Crippen molar-refractivity contribution >= 4 is 11.6 Å². The van der Waals surface area contributed by atoms with E-state index >= 15 is 0 Å². The summed E-state index contributed by atoms with van der Waals surface area (Å²) in [4.78, 5) is 16.6. The van der Waals surface area contributed by atoms with Gasteiger partial charge in [-0.1, -0.05) is 24.3 Å². The largest absolute Gasteiger partial charge is 0.486 e. The van der Waals surface area contributed by atoms with Crippen LogP contribution in [0.5, 0.6) is 11.5 Å². The summed E-state index contributed by atoms with van der Waals surface area (Å²) < 4.78 is 11.3. The van der Waals surface area contributed by atoms with Gasteiger partial charge in [-0.2, -0.15) is 0 Å². The van der Waals surface area contributed by atoms with Crippen LogP contribution in [0.3, 0.4) is 0 Å². The summed E-state index contributed by atoms with van der Waals surface area (Å²) in [7, 11) is 0. The molecule has 0 aliphatic carbocycles. The lowest BCUT2D eigenvalue weighted by molar-refractivity contribution is -0.111. The Bertz CT molecular complexity index is 1040. The molecule has 5 nitrogen and oxygen atoms in total.